The van der Waals surface area contributed by atoms with E-state index in [4.69, 9.17) is 27.9 Å². The molecular weight excluding hydrogens is 575 g/mol. The Morgan fingerprint density at radius 3 is 2.32 bits per heavy atom. The Morgan fingerprint density at radius 2 is 1.70 bits per heavy atom. The molecule has 0 bridgehead atoms. The zero-order valence-corrected chi connectivity index (χ0v) is 24.2. The molecule has 0 saturated heterocycles. The van der Waals surface area contributed by atoms with Gasteiger partial charge in [0, 0.05) is 19.5 Å². The van der Waals surface area contributed by atoms with Crippen LogP contribution in [0.25, 0.3) is 0 Å². The van der Waals surface area contributed by atoms with E-state index in [0.29, 0.717) is 34.7 Å². The summed E-state index contributed by atoms with van der Waals surface area (Å²) < 4.78 is 6.69. The Balaban J connectivity index is 1.90. The van der Waals surface area contributed by atoms with E-state index in [1.54, 1.807) is 23.1 Å². The SMILES string of the molecule is CCNC(=O)C(Cc1ccccc1)N(Cc1ccc(Cl)c(Cl)c1)C(=O)COc1ccc(C(C)C)cc1Br. The van der Waals surface area contributed by atoms with Crippen LogP contribution in [-0.4, -0.2) is 35.9 Å². The Hall–Kier alpha value is -2.54. The lowest BCUT2D eigenvalue weighted by Gasteiger charge is -2.31. The lowest BCUT2D eigenvalue weighted by Crippen LogP contribution is -2.51. The van der Waals surface area contributed by atoms with Crippen LogP contribution in [0.2, 0.25) is 10.0 Å². The molecule has 1 atom stereocenters. The van der Waals surface area contributed by atoms with Gasteiger partial charge < -0.3 is 15.0 Å². The number of halogens is 3. The minimum atomic E-state index is -0.750. The summed E-state index contributed by atoms with van der Waals surface area (Å²) in [6.07, 6.45) is 0.354. The van der Waals surface area contributed by atoms with Gasteiger partial charge in [0.25, 0.3) is 5.91 Å². The first kappa shape index (κ1) is 29.0. The van der Waals surface area contributed by atoms with Crippen molar-refractivity contribution >= 4 is 50.9 Å². The third-order valence-electron chi connectivity index (χ3n) is 5.93. The molecule has 3 aromatic carbocycles. The van der Waals surface area contributed by atoms with E-state index >= 15 is 0 Å². The van der Waals surface area contributed by atoms with E-state index in [0.717, 1.165) is 21.2 Å². The number of ether oxygens (including phenoxy) is 1. The van der Waals surface area contributed by atoms with Crippen molar-refractivity contribution in [3.05, 3.63) is 97.9 Å². The van der Waals surface area contributed by atoms with E-state index in [2.05, 4.69) is 35.1 Å². The number of hydrogen-bond acceptors (Lipinski definition) is 3. The Bertz CT molecular complexity index is 1220. The summed E-state index contributed by atoms with van der Waals surface area (Å²) >= 11 is 15.9. The summed E-state index contributed by atoms with van der Waals surface area (Å²) in [6, 6.07) is 19.9. The third kappa shape index (κ3) is 8.22. The molecule has 0 aliphatic rings. The highest BCUT2D eigenvalue weighted by Gasteiger charge is 2.30. The standard InChI is InChI=1S/C29H31BrCl2N2O3/c1-4-33-29(36)26(15-20-8-6-5-7-9-20)34(17-21-10-12-24(31)25(32)14-21)28(35)18-37-27-13-11-22(19(2)3)16-23(27)30/h5-14,16,19,26H,4,15,17-18H2,1-3H3,(H,33,36). The summed E-state index contributed by atoms with van der Waals surface area (Å²) in [4.78, 5) is 28.4. The maximum Gasteiger partial charge on any atom is 0.261 e. The molecule has 0 saturated carbocycles. The monoisotopic (exact) mass is 604 g/mol. The molecule has 0 aromatic heterocycles. The van der Waals surface area contributed by atoms with Crippen LogP contribution in [0.5, 0.6) is 5.75 Å². The number of hydrogen-bond donors (Lipinski definition) is 1. The Kier molecular flexibility index (Phi) is 10.9. The summed E-state index contributed by atoms with van der Waals surface area (Å²) in [7, 11) is 0. The van der Waals surface area contributed by atoms with Crippen LogP contribution < -0.4 is 10.1 Å². The van der Waals surface area contributed by atoms with Crippen molar-refractivity contribution in [2.75, 3.05) is 13.2 Å². The van der Waals surface area contributed by atoms with Gasteiger partial charge >= 0.3 is 0 Å². The van der Waals surface area contributed by atoms with Gasteiger partial charge in [0.15, 0.2) is 6.61 Å². The number of rotatable bonds is 11. The molecule has 1 N–H and O–H groups in total. The van der Waals surface area contributed by atoms with Gasteiger partial charge in [-0.2, -0.15) is 0 Å². The average molecular weight is 606 g/mol. The molecule has 0 aliphatic heterocycles. The lowest BCUT2D eigenvalue weighted by atomic mass is 10.0. The average Bonchev–Trinajstić information content (AvgIpc) is 2.88. The molecule has 0 heterocycles. The third-order valence-corrected chi connectivity index (χ3v) is 7.29. The Morgan fingerprint density at radius 1 is 0.973 bits per heavy atom. The van der Waals surface area contributed by atoms with Gasteiger partial charge in [0.2, 0.25) is 5.91 Å². The maximum absolute atomic E-state index is 13.6. The molecule has 3 aromatic rings. The summed E-state index contributed by atoms with van der Waals surface area (Å²) in [5, 5.41) is 3.68. The highest BCUT2D eigenvalue weighted by Crippen LogP contribution is 2.29. The van der Waals surface area contributed by atoms with Gasteiger partial charge in [-0.05, 0) is 69.7 Å². The minimum Gasteiger partial charge on any atom is -0.483 e. The van der Waals surface area contributed by atoms with Gasteiger partial charge in [-0.3, -0.25) is 9.59 Å². The molecule has 1 unspecified atom stereocenters. The van der Waals surface area contributed by atoms with Gasteiger partial charge in [-0.1, -0.05) is 79.5 Å². The quantitative estimate of drug-likeness (QED) is 0.255. The molecular formula is C29H31BrCl2N2O3. The van der Waals surface area contributed by atoms with Crippen molar-refractivity contribution in [1.29, 1.82) is 0 Å². The largest absolute Gasteiger partial charge is 0.483 e. The molecule has 0 aliphatic carbocycles. The van der Waals surface area contributed by atoms with Crippen LogP contribution in [0.15, 0.2) is 71.2 Å². The first-order valence-corrected chi connectivity index (χ1v) is 13.7. The van der Waals surface area contributed by atoms with Gasteiger partial charge in [0.05, 0.1) is 14.5 Å². The van der Waals surface area contributed by atoms with Crippen LogP contribution in [-0.2, 0) is 22.6 Å². The van der Waals surface area contributed by atoms with Crippen LogP contribution >= 0.6 is 39.1 Å². The second-order valence-electron chi connectivity index (χ2n) is 9.00. The summed E-state index contributed by atoms with van der Waals surface area (Å²) in [6.45, 7) is 6.46. The minimum absolute atomic E-state index is 0.168. The number of likely N-dealkylation sites (N-methyl/N-ethyl adjacent to an activating group) is 1. The predicted molar refractivity (Wildman–Crippen MR) is 153 cm³/mol. The van der Waals surface area contributed by atoms with E-state index < -0.39 is 6.04 Å². The first-order valence-electron chi connectivity index (χ1n) is 12.2. The van der Waals surface area contributed by atoms with Crippen LogP contribution in [0, 0.1) is 0 Å². The van der Waals surface area contributed by atoms with Crippen molar-refractivity contribution < 1.29 is 14.3 Å². The number of nitrogens with one attached hydrogen (secondary N) is 1. The molecule has 2 amide bonds. The molecule has 0 spiro atoms. The van der Waals surface area contributed by atoms with Crippen molar-refractivity contribution in [2.24, 2.45) is 0 Å². The number of carbonyl (C=O) groups is 2. The number of amides is 2. The molecule has 196 valence electrons. The smallest absolute Gasteiger partial charge is 0.261 e. The second-order valence-corrected chi connectivity index (χ2v) is 10.7. The van der Waals surface area contributed by atoms with Crippen molar-refractivity contribution in [2.45, 2.75) is 45.7 Å². The molecule has 37 heavy (non-hydrogen) atoms. The molecule has 5 nitrogen and oxygen atoms in total. The fraction of sp³-hybridized carbons (Fsp3) is 0.310. The first-order chi connectivity index (χ1) is 17.7. The molecule has 0 fully saturated rings. The normalized spacial score (nSPS) is 11.8. The topological polar surface area (TPSA) is 58.6 Å². The van der Waals surface area contributed by atoms with Crippen LogP contribution in [0.3, 0.4) is 0 Å². The second kappa shape index (κ2) is 13.8. The highest BCUT2D eigenvalue weighted by molar-refractivity contribution is 9.10. The number of benzene rings is 3. The Labute approximate surface area is 237 Å². The predicted octanol–water partition coefficient (Wildman–Crippen LogP) is 7.03. The number of carbonyl (C=O) groups excluding carboxylic acids is 2. The summed E-state index contributed by atoms with van der Waals surface area (Å²) in [5.41, 5.74) is 2.86. The zero-order valence-electron chi connectivity index (χ0n) is 21.1. The van der Waals surface area contributed by atoms with E-state index in [1.807, 2.05) is 55.5 Å². The molecule has 8 heteroatoms. The maximum atomic E-state index is 13.6. The number of nitrogens with zero attached hydrogens (tertiary/aromatic N) is 1. The van der Waals surface area contributed by atoms with Crippen molar-refractivity contribution in [1.82, 2.24) is 10.2 Å². The summed E-state index contributed by atoms with van der Waals surface area (Å²) in [5.74, 6) is 0.370. The molecule has 3 rings (SSSR count). The lowest BCUT2D eigenvalue weighted by molar-refractivity contribution is -0.142. The molecule has 0 radical (unpaired) electrons. The van der Waals surface area contributed by atoms with Gasteiger partial charge in [-0.15, -0.1) is 0 Å². The van der Waals surface area contributed by atoms with Crippen LogP contribution in [0.1, 0.15) is 43.4 Å². The van der Waals surface area contributed by atoms with Crippen molar-refractivity contribution in [3.63, 3.8) is 0 Å². The highest BCUT2D eigenvalue weighted by atomic mass is 79.9. The fourth-order valence-corrected chi connectivity index (χ4v) is 4.73. The zero-order chi connectivity index (χ0) is 26.9. The van der Waals surface area contributed by atoms with Gasteiger partial charge in [-0.25, -0.2) is 0 Å². The van der Waals surface area contributed by atoms with E-state index in [9.17, 15) is 9.59 Å². The van der Waals surface area contributed by atoms with E-state index in [1.165, 1.54) is 0 Å². The van der Waals surface area contributed by atoms with Crippen LogP contribution in [0.4, 0.5) is 0 Å². The van der Waals surface area contributed by atoms with Gasteiger partial charge in [0.1, 0.15) is 11.8 Å². The van der Waals surface area contributed by atoms with Crippen molar-refractivity contribution in [3.8, 4) is 5.75 Å². The fourth-order valence-electron chi connectivity index (χ4n) is 3.90. The van der Waals surface area contributed by atoms with E-state index in [-0.39, 0.29) is 25.0 Å².